The Morgan fingerprint density at radius 3 is 2.69 bits per heavy atom. The van der Waals surface area contributed by atoms with Crippen LogP contribution in [0.5, 0.6) is 0 Å². The Balaban J connectivity index is 1.63. The second kappa shape index (κ2) is 6.31. The van der Waals surface area contributed by atoms with Gasteiger partial charge in [0.1, 0.15) is 6.29 Å². The number of aldehydes is 1. The van der Waals surface area contributed by atoms with Gasteiger partial charge in [-0.15, -0.1) is 0 Å². The minimum Gasteiger partial charge on any atom is -0.314 e. The monoisotopic (exact) mass is 347 g/mol. The normalized spacial score (nSPS) is 33.2. The van der Waals surface area contributed by atoms with E-state index < -0.39 is 0 Å². The van der Waals surface area contributed by atoms with E-state index in [4.69, 9.17) is 0 Å². The lowest BCUT2D eigenvalue weighted by Crippen LogP contribution is -2.41. The van der Waals surface area contributed by atoms with Crippen molar-refractivity contribution < 1.29 is 9.59 Å². The van der Waals surface area contributed by atoms with Gasteiger partial charge >= 0.3 is 0 Å². The average Bonchev–Trinajstić information content (AvgIpc) is 3.15. The van der Waals surface area contributed by atoms with Gasteiger partial charge < -0.3 is 5.32 Å². The fourth-order valence-corrected chi connectivity index (χ4v) is 5.95. The van der Waals surface area contributed by atoms with Gasteiger partial charge in [0.25, 0.3) is 0 Å². The molecule has 26 heavy (non-hydrogen) atoms. The third-order valence-corrected chi connectivity index (χ3v) is 7.07. The minimum absolute atomic E-state index is 0.297. The van der Waals surface area contributed by atoms with Gasteiger partial charge in [0.2, 0.25) is 0 Å². The van der Waals surface area contributed by atoms with Crippen LogP contribution in [-0.4, -0.2) is 24.7 Å². The van der Waals surface area contributed by atoms with Gasteiger partial charge in [-0.2, -0.15) is 0 Å². The van der Waals surface area contributed by atoms with E-state index in [2.05, 4.69) is 17.4 Å². The van der Waals surface area contributed by atoms with Crippen LogP contribution in [0.15, 0.2) is 47.1 Å². The predicted molar refractivity (Wildman–Crippen MR) is 101 cm³/mol. The van der Waals surface area contributed by atoms with Crippen molar-refractivity contribution in [2.45, 2.75) is 50.5 Å². The SMILES string of the molecule is O=Cc1ccc(C2CC3NCCC3C3CCC4=CC(=O)CCC4=C23)cc1. The molecule has 0 aromatic heterocycles. The molecule has 4 aliphatic rings. The molecule has 5 rings (SSSR count). The van der Waals surface area contributed by atoms with Gasteiger partial charge in [-0.25, -0.2) is 0 Å². The molecule has 1 aliphatic heterocycles. The summed E-state index contributed by atoms with van der Waals surface area (Å²) in [5, 5.41) is 3.75. The Morgan fingerprint density at radius 1 is 1.04 bits per heavy atom. The van der Waals surface area contributed by atoms with E-state index in [9.17, 15) is 9.59 Å². The lowest BCUT2D eigenvalue weighted by atomic mass is 9.59. The zero-order valence-corrected chi connectivity index (χ0v) is 15.0. The summed E-state index contributed by atoms with van der Waals surface area (Å²) >= 11 is 0. The summed E-state index contributed by atoms with van der Waals surface area (Å²) in [6.07, 6.45) is 9.09. The molecule has 1 heterocycles. The number of carbonyl (C=O) groups excluding carboxylic acids is 2. The van der Waals surface area contributed by atoms with Crippen LogP contribution in [0.1, 0.15) is 60.4 Å². The van der Waals surface area contributed by atoms with Crippen LogP contribution in [0.2, 0.25) is 0 Å². The molecule has 3 nitrogen and oxygen atoms in total. The lowest BCUT2D eigenvalue weighted by Gasteiger charge is -2.46. The highest BCUT2D eigenvalue weighted by atomic mass is 16.1. The summed E-state index contributed by atoms with van der Waals surface area (Å²) in [7, 11) is 0. The number of allylic oxidation sites excluding steroid dienone is 4. The van der Waals surface area contributed by atoms with Crippen molar-refractivity contribution in [3.05, 3.63) is 58.2 Å². The summed E-state index contributed by atoms with van der Waals surface area (Å²) in [5.74, 6) is 2.12. The van der Waals surface area contributed by atoms with Crippen LogP contribution in [0.25, 0.3) is 0 Å². The number of benzene rings is 1. The quantitative estimate of drug-likeness (QED) is 0.824. The summed E-state index contributed by atoms with van der Waals surface area (Å²) in [6.45, 7) is 1.13. The van der Waals surface area contributed by atoms with Crippen molar-refractivity contribution in [3.8, 4) is 0 Å². The number of hydrogen-bond donors (Lipinski definition) is 1. The summed E-state index contributed by atoms with van der Waals surface area (Å²) in [4.78, 5) is 23.0. The smallest absolute Gasteiger partial charge is 0.156 e. The Labute approximate surface area is 154 Å². The molecule has 0 bridgehead atoms. The molecule has 1 aromatic rings. The molecule has 1 N–H and O–H groups in total. The Bertz CT molecular complexity index is 817. The predicted octanol–water partition coefficient (Wildman–Crippen LogP) is 3.96. The van der Waals surface area contributed by atoms with Crippen molar-refractivity contribution in [2.75, 3.05) is 6.54 Å². The van der Waals surface area contributed by atoms with Crippen LogP contribution < -0.4 is 5.32 Å². The molecule has 4 unspecified atom stereocenters. The molecule has 0 radical (unpaired) electrons. The molecular weight excluding hydrogens is 322 g/mol. The van der Waals surface area contributed by atoms with Gasteiger partial charge in [-0.1, -0.05) is 29.8 Å². The van der Waals surface area contributed by atoms with Crippen molar-refractivity contribution in [3.63, 3.8) is 0 Å². The van der Waals surface area contributed by atoms with E-state index in [1.165, 1.54) is 29.6 Å². The number of nitrogens with one attached hydrogen (secondary N) is 1. The largest absolute Gasteiger partial charge is 0.314 e. The number of ketones is 1. The third-order valence-electron chi connectivity index (χ3n) is 7.07. The molecule has 1 saturated carbocycles. The molecule has 3 aliphatic carbocycles. The van der Waals surface area contributed by atoms with Crippen LogP contribution in [0.3, 0.4) is 0 Å². The molecule has 2 fully saturated rings. The Kier molecular flexibility index (Phi) is 3.93. The second-order valence-corrected chi connectivity index (χ2v) is 8.30. The van der Waals surface area contributed by atoms with Crippen LogP contribution >= 0.6 is 0 Å². The fourth-order valence-electron chi connectivity index (χ4n) is 5.95. The third kappa shape index (κ3) is 2.52. The maximum Gasteiger partial charge on any atom is 0.156 e. The highest BCUT2D eigenvalue weighted by Crippen LogP contribution is 2.54. The van der Waals surface area contributed by atoms with Crippen molar-refractivity contribution >= 4 is 12.1 Å². The van der Waals surface area contributed by atoms with Gasteiger partial charge in [0.15, 0.2) is 5.78 Å². The van der Waals surface area contributed by atoms with Gasteiger partial charge in [-0.3, -0.25) is 9.59 Å². The standard InChI is InChI=1S/C23H25NO2/c25-13-14-1-3-15(4-2-14)21-12-22-19(9-10-24-22)20-7-5-16-11-17(26)6-8-18(16)23(20)21/h1-4,11,13,19-22,24H,5-10,12H2. The molecule has 4 atom stereocenters. The first-order valence-corrected chi connectivity index (χ1v) is 10.00. The zero-order chi connectivity index (χ0) is 17.7. The van der Waals surface area contributed by atoms with Crippen LogP contribution in [0, 0.1) is 11.8 Å². The second-order valence-electron chi connectivity index (χ2n) is 8.30. The molecule has 1 aromatic carbocycles. The lowest BCUT2D eigenvalue weighted by molar-refractivity contribution is -0.114. The van der Waals surface area contributed by atoms with Crippen LogP contribution in [-0.2, 0) is 4.79 Å². The van der Waals surface area contributed by atoms with Gasteiger partial charge in [0.05, 0.1) is 0 Å². The van der Waals surface area contributed by atoms with E-state index in [0.717, 1.165) is 43.6 Å². The van der Waals surface area contributed by atoms with Crippen molar-refractivity contribution in [1.82, 2.24) is 5.32 Å². The summed E-state index contributed by atoms with van der Waals surface area (Å²) < 4.78 is 0. The van der Waals surface area contributed by atoms with Crippen molar-refractivity contribution in [2.24, 2.45) is 11.8 Å². The average molecular weight is 347 g/mol. The fraction of sp³-hybridized carbons (Fsp3) is 0.478. The topological polar surface area (TPSA) is 46.2 Å². The van der Waals surface area contributed by atoms with E-state index in [1.807, 2.05) is 18.2 Å². The van der Waals surface area contributed by atoms with E-state index >= 15 is 0 Å². The molecular formula is C23H25NO2. The summed E-state index contributed by atoms with van der Waals surface area (Å²) in [5.41, 5.74) is 6.50. The minimum atomic E-state index is 0.297. The molecule has 0 amide bonds. The first-order chi connectivity index (χ1) is 12.7. The molecule has 1 saturated heterocycles. The number of hydrogen-bond acceptors (Lipinski definition) is 3. The van der Waals surface area contributed by atoms with Gasteiger partial charge in [0, 0.05) is 23.9 Å². The number of carbonyl (C=O) groups is 2. The number of rotatable bonds is 2. The molecule has 0 spiro atoms. The maximum absolute atomic E-state index is 11.9. The Hall–Kier alpha value is -2.00. The van der Waals surface area contributed by atoms with E-state index in [1.54, 1.807) is 5.57 Å². The highest BCUT2D eigenvalue weighted by molar-refractivity contribution is 5.93. The Morgan fingerprint density at radius 2 is 1.88 bits per heavy atom. The number of fused-ring (bicyclic) bond motifs is 4. The first-order valence-electron chi connectivity index (χ1n) is 10.00. The molecule has 3 heteroatoms. The van der Waals surface area contributed by atoms with Crippen LogP contribution in [0.4, 0.5) is 0 Å². The first kappa shape index (κ1) is 16.2. The van der Waals surface area contributed by atoms with Gasteiger partial charge in [-0.05, 0) is 73.3 Å². The van der Waals surface area contributed by atoms with Crippen molar-refractivity contribution in [1.29, 1.82) is 0 Å². The summed E-state index contributed by atoms with van der Waals surface area (Å²) in [6, 6.07) is 8.78. The zero-order valence-electron chi connectivity index (χ0n) is 15.0. The molecule has 134 valence electrons. The maximum atomic E-state index is 11.9. The highest BCUT2D eigenvalue weighted by Gasteiger charge is 2.46. The van der Waals surface area contributed by atoms with E-state index in [0.29, 0.717) is 30.1 Å². The van der Waals surface area contributed by atoms with E-state index in [-0.39, 0.29) is 0 Å².